The van der Waals surface area contributed by atoms with Gasteiger partial charge in [0, 0.05) is 24.5 Å². The molecule has 0 radical (unpaired) electrons. The van der Waals surface area contributed by atoms with Crippen molar-refractivity contribution in [1.29, 1.82) is 0 Å². The Morgan fingerprint density at radius 1 is 1.35 bits per heavy atom. The number of hydrogen-bond donors (Lipinski definition) is 1. The zero-order valence-corrected chi connectivity index (χ0v) is 14.0. The molecule has 116 valence electrons. The van der Waals surface area contributed by atoms with Crippen LogP contribution in [0.2, 0.25) is 0 Å². The summed E-state index contributed by atoms with van der Waals surface area (Å²) in [4.78, 5) is 0. The van der Waals surface area contributed by atoms with Gasteiger partial charge in [-0.05, 0) is 45.7 Å². The molecule has 0 aromatic carbocycles. The van der Waals surface area contributed by atoms with Gasteiger partial charge in [0.25, 0.3) is 0 Å². The van der Waals surface area contributed by atoms with Gasteiger partial charge in [-0.15, -0.1) is 0 Å². The molecule has 1 unspecified atom stereocenters. The molecule has 1 aromatic rings. The minimum atomic E-state index is -2.85. The van der Waals surface area contributed by atoms with Crippen LogP contribution in [0, 0.1) is 13.8 Å². The quantitative estimate of drug-likeness (QED) is 0.788. The lowest BCUT2D eigenvalue weighted by Gasteiger charge is -2.16. The molecule has 0 aliphatic carbocycles. The molecule has 0 saturated carbocycles. The molecule has 20 heavy (non-hydrogen) atoms. The summed E-state index contributed by atoms with van der Waals surface area (Å²) in [6.07, 6.45) is 2.47. The van der Waals surface area contributed by atoms with E-state index in [1.807, 2.05) is 25.7 Å². The molecule has 0 saturated heterocycles. The van der Waals surface area contributed by atoms with E-state index in [0.717, 1.165) is 18.5 Å². The van der Waals surface area contributed by atoms with Crippen molar-refractivity contribution in [3.05, 3.63) is 17.0 Å². The number of likely N-dealkylation sites (N-methyl/N-ethyl adjacent to an activating group) is 1. The highest BCUT2D eigenvalue weighted by Crippen LogP contribution is 2.16. The Labute approximate surface area is 122 Å². The summed E-state index contributed by atoms with van der Waals surface area (Å²) >= 11 is 0. The lowest BCUT2D eigenvalue weighted by molar-refractivity contribution is 0.509. The van der Waals surface area contributed by atoms with E-state index in [0.29, 0.717) is 12.5 Å². The fourth-order valence-corrected chi connectivity index (χ4v) is 3.30. The molecule has 0 fully saturated rings. The second-order valence-corrected chi connectivity index (χ2v) is 7.81. The maximum atomic E-state index is 11.5. The number of nitrogens with zero attached hydrogens (tertiary/aromatic N) is 2. The van der Waals surface area contributed by atoms with Crippen molar-refractivity contribution in [1.82, 2.24) is 15.1 Å². The summed E-state index contributed by atoms with van der Waals surface area (Å²) in [5.74, 6) is 0.519. The summed E-state index contributed by atoms with van der Waals surface area (Å²) in [5.41, 5.74) is 3.51. The molecule has 1 rings (SSSR count). The standard InChI is InChI=1S/C14H27N3O2S/c1-6-20(18,19)9-7-8-13(15-4)10-14-11(2)16-17(5)12(14)3/h13,15H,6-10H2,1-5H3. The van der Waals surface area contributed by atoms with Crippen molar-refractivity contribution in [2.75, 3.05) is 18.6 Å². The Bertz CT molecular complexity index is 535. The minimum Gasteiger partial charge on any atom is -0.317 e. The second kappa shape index (κ2) is 7.22. The van der Waals surface area contributed by atoms with E-state index >= 15 is 0 Å². The molecule has 0 amide bonds. The molecule has 1 aromatic heterocycles. The van der Waals surface area contributed by atoms with Gasteiger partial charge in [0.05, 0.1) is 11.4 Å². The van der Waals surface area contributed by atoms with E-state index in [2.05, 4.69) is 17.3 Å². The minimum absolute atomic E-state index is 0.234. The molecule has 6 heteroatoms. The van der Waals surface area contributed by atoms with Gasteiger partial charge in [0.1, 0.15) is 9.84 Å². The highest BCUT2D eigenvalue weighted by atomic mass is 32.2. The molecule has 5 nitrogen and oxygen atoms in total. The predicted molar refractivity (Wildman–Crippen MR) is 82.8 cm³/mol. The van der Waals surface area contributed by atoms with Crippen LogP contribution in [0.3, 0.4) is 0 Å². The van der Waals surface area contributed by atoms with E-state index in [1.54, 1.807) is 6.92 Å². The molecular weight excluding hydrogens is 274 g/mol. The second-order valence-electron chi connectivity index (χ2n) is 5.34. The Morgan fingerprint density at radius 2 is 2.00 bits per heavy atom. The van der Waals surface area contributed by atoms with Crippen LogP contribution in [0.1, 0.15) is 36.7 Å². The van der Waals surface area contributed by atoms with Gasteiger partial charge < -0.3 is 5.32 Å². The highest BCUT2D eigenvalue weighted by molar-refractivity contribution is 7.91. The van der Waals surface area contributed by atoms with Crippen LogP contribution in [0.5, 0.6) is 0 Å². The molecule has 0 aliphatic heterocycles. The maximum absolute atomic E-state index is 11.5. The van der Waals surface area contributed by atoms with Gasteiger partial charge in [0.15, 0.2) is 0 Å². The average molecular weight is 301 g/mol. The van der Waals surface area contributed by atoms with Crippen LogP contribution in [0.15, 0.2) is 0 Å². The molecular formula is C14H27N3O2S. The van der Waals surface area contributed by atoms with Gasteiger partial charge in [0.2, 0.25) is 0 Å². The third-order valence-electron chi connectivity index (χ3n) is 3.97. The van der Waals surface area contributed by atoms with E-state index in [4.69, 9.17) is 0 Å². The Hall–Kier alpha value is -0.880. The lowest BCUT2D eigenvalue weighted by atomic mass is 10.0. The third-order valence-corrected chi connectivity index (χ3v) is 5.76. The monoisotopic (exact) mass is 301 g/mol. The topological polar surface area (TPSA) is 64.0 Å². The van der Waals surface area contributed by atoms with Crippen LogP contribution in [0.4, 0.5) is 0 Å². The average Bonchev–Trinajstić information content (AvgIpc) is 2.63. The third kappa shape index (κ3) is 4.59. The first-order valence-corrected chi connectivity index (χ1v) is 8.99. The summed E-state index contributed by atoms with van der Waals surface area (Å²) in [6.45, 7) is 5.80. The summed E-state index contributed by atoms with van der Waals surface area (Å²) in [5, 5.41) is 7.71. The van der Waals surface area contributed by atoms with Gasteiger partial charge >= 0.3 is 0 Å². The van der Waals surface area contributed by atoms with Crippen LogP contribution < -0.4 is 5.32 Å². The SMILES string of the molecule is CCS(=O)(=O)CCCC(Cc1c(C)nn(C)c1C)NC. The number of rotatable bonds is 8. The zero-order chi connectivity index (χ0) is 15.3. The van der Waals surface area contributed by atoms with Crippen LogP contribution in [0.25, 0.3) is 0 Å². The number of aryl methyl sites for hydroxylation is 2. The predicted octanol–water partition coefficient (Wildman–Crippen LogP) is 1.38. The summed E-state index contributed by atoms with van der Waals surface area (Å²) in [7, 11) is 1.03. The molecule has 0 spiro atoms. The van der Waals surface area contributed by atoms with Gasteiger partial charge in [-0.3, -0.25) is 4.68 Å². The van der Waals surface area contributed by atoms with Gasteiger partial charge in [-0.2, -0.15) is 5.10 Å². The van der Waals surface area contributed by atoms with E-state index < -0.39 is 9.84 Å². The Kier molecular flexibility index (Phi) is 6.20. The first kappa shape index (κ1) is 17.2. The summed E-state index contributed by atoms with van der Waals surface area (Å²) < 4.78 is 24.9. The van der Waals surface area contributed by atoms with Gasteiger partial charge in [-0.1, -0.05) is 6.92 Å². The molecule has 1 N–H and O–H groups in total. The fourth-order valence-electron chi connectivity index (χ4n) is 2.40. The molecule has 1 heterocycles. The van der Waals surface area contributed by atoms with Crippen molar-refractivity contribution >= 4 is 9.84 Å². The zero-order valence-electron chi connectivity index (χ0n) is 13.2. The van der Waals surface area contributed by atoms with E-state index in [1.165, 1.54) is 11.3 Å². The van der Waals surface area contributed by atoms with Crippen molar-refractivity contribution < 1.29 is 8.42 Å². The van der Waals surface area contributed by atoms with Crippen molar-refractivity contribution in [2.45, 2.75) is 46.1 Å². The molecule has 0 bridgehead atoms. The van der Waals surface area contributed by atoms with Crippen LogP contribution in [-0.4, -0.2) is 42.8 Å². The summed E-state index contributed by atoms with van der Waals surface area (Å²) in [6, 6.07) is 0.295. The van der Waals surface area contributed by atoms with E-state index in [9.17, 15) is 8.42 Å². The lowest BCUT2D eigenvalue weighted by Crippen LogP contribution is -2.28. The largest absolute Gasteiger partial charge is 0.317 e. The Morgan fingerprint density at radius 3 is 2.45 bits per heavy atom. The molecule has 1 atom stereocenters. The van der Waals surface area contributed by atoms with E-state index in [-0.39, 0.29) is 11.5 Å². The maximum Gasteiger partial charge on any atom is 0.150 e. The van der Waals surface area contributed by atoms with Crippen molar-refractivity contribution in [3.63, 3.8) is 0 Å². The van der Waals surface area contributed by atoms with Crippen LogP contribution >= 0.6 is 0 Å². The number of sulfone groups is 1. The van der Waals surface area contributed by atoms with Gasteiger partial charge in [-0.25, -0.2) is 8.42 Å². The number of aromatic nitrogens is 2. The normalized spacial score (nSPS) is 13.7. The number of nitrogens with one attached hydrogen (secondary N) is 1. The first-order valence-electron chi connectivity index (χ1n) is 7.17. The molecule has 0 aliphatic rings. The first-order chi connectivity index (χ1) is 9.30. The van der Waals surface area contributed by atoms with Crippen LogP contribution in [-0.2, 0) is 23.3 Å². The Balaban J connectivity index is 2.60. The van der Waals surface area contributed by atoms with Crippen molar-refractivity contribution in [3.8, 4) is 0 Å². The van der Waals surface area contributed by atoms with Crippen molar-refractivity contribution in [2.24, 2.45) is 7.05 Å². The smallest absolute Gasteiger partial charge is 0.150 e. The number of hydrogen-bond acceptors (Lipinski definition) is 4. The fraction of sp³-hybridized carbons (Fsp3) is 0.786. The highest BCUT2D eigenvalue weighted by Gasteiger charge is 2.16.